The Hall–Kier alpha value is -1.68. The summed E-state index contributed by atoms with van der Waals surface area (Å²) in [6, 6.07) is 5.26. The van der Waals surface area contributed by atoms with Gasteiger partial charge in [0.05, 0.1) is 10.8 Å². The smallest absolute Gasteiger partial charge is 0.236 e. The average molecular weight is 497 g/mol. The van der Waals surface area contributed by atoms with Crippen LogP contribution in [0.1, 0.15) is 50.0 Å². The van der Waals surface area contributed by atoms with Crippen LogP contribution in [0.2, 0.25) is 10.0 Å². The SMILES string of the molecule is CCn1c(SCC(=O)Nc2nnc(C3CCCCC3)s2)nnc1-c1ccc(Cl)cc1Cl. The summed E-state index contributed by atoms with van der Waals surface area (Å²) < 4.78 is 1.93. The van der Waals surface area contributed by atoms with Gasteiger partial charge in [-0.2, -0.15) is 0 Å². The molecule has 0 spiro atoms. The molecule has 164 valence electrons. The van der Waals surface area contributed by atoms with E-state index < -0.39 is 0 Å². The summed E-state index contributed by atoms with van der Waals surface area (Å²) in [6.07, 6.45) is 6.09. The second kappa shape index (κ2) is 10.3. The molecule has 0 unspecified atom stereocenters. The molecule has 0 saturated heterocycles. The van der Waals surface area contributed by atoms with Crippen molar-refractivity contribution in [3.05, 3.63) is 33.3 Å². The van der Waals surface area contributed by atoms with E-state index in [1.54, 1.807) is 12.1 Å². The van der Waals surface area contributed by atoms with E-state index in [-0.39, 0.29) is 11.7 Å². The van der Waals surface area contributed by atoms with Gasteiger partial charge in [-0.05, 0) is 38.0 Å². The number of nitrogens with zero attached hydrogens (tertiary/aromatic N) is 5. The normalized spacial score (nSPS) is 14.7. The van der Waals surface area contributed by atoms with Crippen molar-refractivity contribution in [2.24, 2.45) is 0 Å². The van der Waals surface area contributed by atoms with E-state index in [0.29, 0.717) is 38.6 Å². The first-order valence-corrected chi connectivity index (χ1v) is 12.8. The standard InChI is InChI=1S/C20H22Cl2N6OS2/c1-2-28-17(14-9-8-13(21)10-15(14)22)24-27-20(28)30-11-16(29)23-19-26-25-18(31-19)12-6-4-3-5-7-12/h8-10,12H,2-7,11H2,1H3,(H,23,26,29). The molecule has 11 heteroatoms. The second-order valence-electron chi connectivity index (χ2n) is 7.29. The van der Waals surface area contributed by atoms with Gasteiger partial charge >= 0.3 is 0 Å². The predicted octanol–water partition coefficient (Wildman–Crippen LogP) is 5.90. The molecule has 0 bridgehead atoms. The molecule has 7 nitrogen and oxygen atoms in total. The number of benzene rings is 1. The quantitative estimate of drug-likeness (QED) is 0.409. The van der Waals surface area contributed by atoms with Crippen molar-refractivity contribution in [3.63, 3.8) is 0 Å². The van der Waals surface area contributed by atoms with Gasteiger partial charge in [-0.25, -0.2) is 0 Å². The molecular formula is C20H22Cl2N6OS2. The lowest BCUT2D eigenvalue weighted by molar-refractivity contribution is -0.113. The van der Waals surface area contributed by atoms with E-state index >= 15 is 0 Å². The van der Waals surface area contributed by atoms with Crippen LogP contribution in [0.4, 0.5) is 5.13 Å². The molecule has 1 fully saturated rings. The lowest BCUT2D eigenvalue weighted by atomic mass is 9.90. The maximum absolute atomic E-state index is 12.5. The van der Waals surface area contributed by atoms with Gasteiger partial charge in [0.15, 0.2) is 11.0 Å². The average Bonchev–Trinajstić information content (AvgIpc) is 3.39. The Morgan fingerprint density at radius 3 is 2.74 bits per heavy atom. The molecule has 1 N–H and O–H groups in total. The molecule has 0 atom stereocenters. The summed E-state index contributed by atoms with van der Waals surface area (Å²) in [7, 11) is 0. The Bertz CT molecular complexity index is 1060. The van der Waals surface area contributed by atoms with Crippen LogP contribution in [-0.4, -0.2) is 36.6 Å². The molecule has 31 heavy (non-hydrogen) atoms. The lowest BCUT2D eigenvalue weighted by Crippen LogP contribution is -2.14. The topological polar surface area (TPSA) is 85.6 Å². The number of carbonyl (C=O) groups is 1. The molecule has 4 rings (SSSR count). The molecule has 1 amide bonds. The number of rotatable bonds is 7. The number of nitrogens with one attached hydrogen (secondary N) is 1. The van der Waals surface area contributed by atoms with Crippen molar-refractivity contribution in [2.75, 3.05) is 11.1 Å². The van der Waals surface area contributed by atoms with Gasteiger partial charge in [0.1, 0.15) is 5.01 Å². The Balaban J connectivity index is 1.38. The summed E-state index contributed by atoms with van der Waals surface area (Å²) in [5.74, 6) is 1.18. The van der Waals surface area contributed by atoms with Gasteiger partial charge in [0, 0.05) is 23.0 Å². The molecule has 0 aliphatic heterocycles. The molecule has 1 aliphatic rings. The van der Waals surface area contributed by atoms with Crippen molar-refractivity contribution in [1.29, 1.82) is 0 Å². The van der Waals surface area contributed by atoms with Crippen LogP contribution in [0.25, 0.3) is 11.4 Å². The predicted molar refractivity (Wildman–Crippen MR) is 126 cm³/mol. The minimum absolute atomic E-state index is 0.145. The third-order valence-corrected chi connectivity index (χ3v) is 7.69. The van der Waals surface area contributed by atoms with Gasteiger partial charge in [0.2, 0.25) is 11.0 Å². The van der Waals surface area contributed by atoms with Crippen molar-refractivity contribution < 1.29 is 4.79 Å². The molecule has 1 aromatic carbocycles. The van der Waals surface area contributed by atoms with E-state index in [9.17, 15) is 4.79 Å². The molecule has 1 saturated carbocycles. The summed E-state index contributed by atoms with van der Waals surface area (Å²) in [5.41, 5.74) is 0.751. The van der Waals surface area contributed by atoms with Crippen LogP contribution in [0.15, 0.2) is 23.4 Å². The fourth-order valence-electron chi connectivity index (χ4n) is 3.64. The zero-order valence-electron chi connectivity index (χ0n) is 17.0. The Labute approximate surface area is 199 Å². The van der Waals surface area contributed by atoms with E-state index in [1.807, 2.05) is 17.6 Å². The third kappa shape index (κ3) is 5.39. The van der Waals surface area contributed by atoms with Gasteiger partial charge in [-0.1, -0.05) is 65.6 Å². The highest BCUT2D eigenvalue weighted by Crippen LogP contribution is 2.35. The van der Waals surface area contributed by atoms with Crippen LogP contribution in [0.3, 0.4) is 0 Å². The molecule has 2 aromatic heterocycles. The second-order valence-corrected chi connectivity index (χ2v) is 10.1. The number of thioether (sulfide) groups is 1. The fourth-order valence-corrected chi connectivity index (χ4v) is 5.86. The highest BCUT2D eigenvalue weighted by Gasteiger charge is 2.21. The maximum atomic E-state index is 12.5. The Morgan fingerprint density at radius 1 is 1.19 bits per heavy atom. The minimum Gasteiger partial charge on any atom is -0.302 e. The van der Waals surface area contributed by atoms with Gasteiger partial charge < -0.3 is 4.57 Å². The van der Waals surface area contributed by atoms with Crippen molar-refractivity contribution in [2.45, 2.75) is 56.6 Å². The molecule has 3 aromatic rings. The summed E-state index contributed by atoms with van der Waals surface area (Å²) in [4.78, 5) is 12.5. The van der Waals surface area contributed by atoms with E-state index in [4.69, 9.17) is 23.2 Å². The number of hydrogen-bond acceptors (Lipinski definition) is 7. The number of anilines is 1. The van der Waals surface area contributed by atoms with Crippen molar-refractivity contribution >= 4 is 57.3 Å². The number of halogens is 2. The van der Waals surface area contributed by atoms with Crippen molar-refractivity contribution in [3.8, 4) is 11.4 Å². The van der Waals surface area contributed by atoms with Crippen LogP contribution in [-0.2, 0) is 11.3 Å². The molecule has 1 aliphatic carbocycles. The minimum atomic E-state index is -0.145. The fraction of sp³-hybridized carbons (Fsp3) is 0.450. The van der Waals surface area contributed by atoms with Gasteiger partial charge in [-0.3, -0.25) is 10.1 Å². The highest BCUT2D eigenvalue weighted by molar-refractivity contribution is 7.99. The van der Waals surface area contributed by atoms with Crippen LogP contribution in [0.5, 0.6) is 0 Å². The zero-order chi connectivity index (χ0) is 21.8. The first-order valence-electron chi connectivity index (χ1n) is 10.2. The van der Waals surface area contributed by atoms with Gasteiger partial charge in [-0.15, -0.1) is 20.4 Å². The summed E-state index contributed by atoms with van der Waals surface area (Å²) in [5, 5.41) is 23.1. The lowest BCUT2D eigenvalue weighted by Gasteiger charge is -2.18. The highest BCUT2D eigenvalue weighted by atomic mass is 35.5. The monoisotopic (exact) mass is 496 g/mol. The zero-order valence-corrected chi connectivity index (χ0v) is 20.1. The number of carbonyl (C=O) groups excluding carboxylic acids is 1. The number of aromatic nitrogens is 5. The van der Waals surface area contributed by atoms with Crippen LogP contribution >= 0.6 is 46.3 Å². The van der Waals surface area contributed by atoms with E-state index in [2.05, 4.69) is 25.7 Å². The first-order chi connectivity index (χ1) is 15.0. The summed E-state index contributed by atoms with van der Waals surface area (Å²) in [6.45, 7) is 2.64. The van der Waals surface area contributed by atoms with E-state index in [1.165, 1.54) is 42.4 Å². The molecule has 0 radical (unpaired) electrons. The largest absolute Gasteiger partial charge is 0.302 e. The number of hydrogen-bond donors (Lipinski definition) is 1. The Kier molecular flexibility index (Phi) is 7.47. The summed E-state index contributed by atoms with van der Waals surface area (Å²) >= 11 is 15.1. The molecule has 2 heterocycles. The first kappa shape index (κ1) is 22.5. The maximum Gasteiger partial charge on any atom is 0.236 e. The Morgan fingerprint density at radius 2 is 2.00 bits per heavy atom. The van der Waals surface area contributed by atoms with E-state index in [0.717, 1.165) is 23.4 Å². The molecular weight excluding hydrogens is 475 g/mol. The number of amides is 1. The van der Waals surface area contributed by atoms with Crippen LogP contribution in [0, 0.1) is 0 Å². The van der Waals surface area contributed by atoms with Gasteiger partial charge in [0.25, 0.3) is 0 Å². The third-order valence-electron chi connectivity index (χ3n) is 5.18. The van der Waals surface area contributed by atoms with Crippen molar-refractivity contribution in [1.82, 2.24) is 25.0 Å². The van der Waals surface area contributed by atoms with Crippen LogP contribution < -0.4 is 5.32 Å².